The van der Waals surface area contributed by atoms with Gasteiger partial charge in [-0.3, -0.25) is 4.79 Å². The molecule has 0 atom stereocenters. The summed E-state index contributed by atoms with van der Waals surface area (Å²) in [4.78, 5) is 26.0. The number of hydrogen-bond acceptors (Lipinski definition) is 5. The lowest BCUT2D eigenvalue weighted by molar-refractivity contribution is -0.118. The molecule has 1 amide bonds. The maximum Gasteiger partial charge on any atom is 0.339 e. The van der Waals surface area contributed by atoms with Crippen molar-refractivity contribution in [2.24, 2.45) is 0 Å². The predicted molar refractivity (Wildman–Crippen MR) is 72.3 cm³/mol. The Bertz CT molecular complexity index is 498. The summed E-state index contributed by atoms with van der Waals surface area (Å²) < 4.78 is 4.61. The van der Waals surface area contributed by atoms with E-state index >= 15 is 0 Å². The summed E-state index contributed by atoms with van der Waals surface area (Å²) in [5.74, 6) is -0.189. The molecular formula is C13H17N3O3. The minimum Gasteiger partial charge on any atom is -0.465 e. The molecule has 0 aliphatic rings. The number of carbonyl (C=O) groups excluding carboxylic acids is 2. The smallest absolute Gasteiger partial charge is 0.339 e. The summed E-state index contributed by atoms with van der Waals surface area (Å²) in [7, 11) is 1.31. The van der Waals surface area contributed by atoms with Gasteiger partial charge in [0.1, 0.15) is 5.82 Å². The summed E-state index contributed by atoms with van der Waals surface area (Å²) in [5.41, 5.74) is 6.70. The molecule has 0 saturated heterocycles. The molecule has 0 aliphatic heterocycles. The van der Waals surface area contributed by atoms with Crippen LogP contribution in [0.15, 0.2) is 18.3 Å². The van der Waals surface area contributed by atoms with Crippen LogP contribution in [0.2, 0.25) is 0 Å². The van der Waals surface area contributed by atoms with Crippen LogP contribution in [-0.4, -0.2) is 30.5 Å². The molecule has 3 N–H and O–H groups in total. The standard InChI is InChI=1S/C13H17N3O3/c1-9(17)15-6-4-3-5-10-7-11(13(18)19-2)8-16-12(10)14/h3,5,7-8H,4,6H2,1-2H3,(H2,14,16)(H,15,17). The highest BCUT2D eigenvalue weighted by Crippen LogP contribution is 2.13. The molecule has 0 spiro atoms. The average Bonchev–Trinajstić information content (AvgIpc) is 2.39. The Labute approximate surface area is 111 Å². The highest BCUT2D eigenvalue weighted by atomic mass is 16.5. The number of nitrogen functional groups attached to an aromatic ring is 1. The minimum absolute atomic E-state index is 0.0673. The van der Waals surface area contributed by atoms with Crippen LogP contribution in [0.1, 0.15) is 29.3 Å². The predicted octanol–water partition coefficient (Wildman–Crippen LogP) is 0.990. The van der Waals surface area contributed by atoms with Crippen LogP contribution in [0.3, 0.4) is 0 Å². The molecule has 0 bridgehead atoms. The van der Waals surface area contributed by atoms with Crippen molar-refractivity contribution in [2.45, 2.75) is 13.3 Å². The first kappa shape index (κ1) is 14.7. The number of esters is 1. The van der Waals surface area contributed by atoms with Gasteiger partial charge in [0.15, 0.2) is 0 Å². The summed E-state index contributed by atoms with van der Waals surface area (Å²) >= 11 is 0. The number of nitrogens with zero attached hydrogens (tertiary/aromatic N) is 1. The Morgan fingerprint density at radius 2 is 2.26 bits per heavy atom. The SMILES string of the molecule is COC(=O)c1cnc(N)c(C=CCCNC(C)=O)c1. The van der Waals surface area contributed by atoms with E-state index in [4.69, 9.17) is 5.73 Å². The van der Waals surface area contributed by atoms with Gasteiger partial charge in [-0.25, -0.2) is 9.78 Å². The third-order valence-electron chi connectivity index (χ3n) is 2.35. The Hall–Kier alpha value is -2.37. The topological polar surface area (TPSA) is 94.3 Å². The van der Waals surface area contributed by atoms with E-state index in [1.807, 2.05) is 6.08 Å². The van der Waals surface area contributed by atoms with Crippen molar-refractivity contribution in [1.29, 1.82) is 0 Å². The summed E-state index contributed by atoms with van der Waals surface area (Å²) in [6, 6.07) is 1.61. The van der Waals surface area contributed by atoms with Crippen molar-refractivity contribution in [3.8, 4) is 0 Å². The zero-order valence-corrected chi connectivity index (χ0v) is 11.0. The highest BCUT2D eigenvalue weighted by molar-refractivity contribution is 5.90. The number of nitrogens with two attached hydrogens (primary N) is 1. The second kappa shape index (κ2) is 7.15. The van der Waals surface area contributed by atoms with Crippen LogP contribution in [0.4, 0.5) is 5.82 Å². The lowest BCUT2D eigenvalue weighted by atomic mass is 10.1. The number of amides is 1. The number of rotatable bonds is 5. The van der Waals surface area contributed by atoms with Gasteiger partial charge in [-0.2, -0.15) is 0 Å². The van der Waals surface area contributed by atoms with E-state index in [0.29, 0.717) is 29.9 Å². The molecule has 1 aromatic rings. The Morgan fingerprint density at radius 3 is 2.89 bits per heavy atom. The van der Waals surface area contributed by atoms with E-state index in [1.165, 1.54) is 20.2 Å². The van der Waals surface area contributed by atoms with E-state index in [1.54, 1.807) is 12.1 Å². The quantitative estimate of drug-likeness (QED) is 0.610. The Balaban J connectivity index is 2.69. The first-order chi connectivity index (χ1) is 9.04. The lowest BCUT2D eigenvalue weighted by Crippen LogP contribution is -2.20. The second-order valence-corrected chi connectivity index (χ2v) is 3.86. The van der Waals surface area contributed by atoms with Gasteiger partial charge < -0.3 is 15.8 Å². The van der Waals surface area contributed by atoms with Gasteiger partial charge in [0, 0.05) is 25.2 Å². The van der Waals surface area contributed by atoms with Crippen LogP contribution in [0.5, 0.6) is 0 Å². The molecule has 6 nitrogen and oxygen atoms in total. The van der Waals surface area contributed by atoms with Crippen molar-refractivity contribution in [3.05, 3.63) is 29.5 Å². The molecule has 19 heavy (non-hydrogen) atoms. The number of methoxy groups -OCH3 is 1. The van der Waals surface area contributed by atoms with Crippen molar-refractivity contribution < 1.29 is 14.3 Å². The second-order valence-electron chi connectivity index (χ2n) is 3.86. The summed E-state index contributed by atoms with van der Waals surface area (Å²) in [6.45, 7) is 2.02. The van der Waals surface area contributed by atoms with Gasteiger partial charge in [0.25, 0.3) is 0 Å². The number of nitrogens with one attached hydrogen (secondary N) is 1. The zero-order valence-electron chi connectivity index (χ0n) is 11.0. The molecule has 0 aliphatic carbocycles. The number of hydrogen-bond donors (Lipinski definition) is 2. The number of ether oxygens (including phenoxy) is 1. The van der Waals surface area contributed by atoms with Crippen molar-refractivity contribution in [3.63, 3.8) is 0 Å². The van der Waals surface area contributed by atoms with E-state index in [0.717, 1.165) is 0 Å². The number of pyridine rings is 1. The van der Waals surface area contributed by atoms with E-state index in [-0.39, 0.29) is 5.91 Å². The van der Waals surface area contributed by atoms with Crippen LogP contribution in [0.25, 0.3) is 6.08 Å². The van der Waals surface area contributed by atoms with Crippen LogP contribution >= 0.6 is 0 Å². The number of aromatic nitrogens is 1. The average molecular weight is 263 g/mol. The first-order valence-electron chi connectivity index (χ1n) is 5.79. The molecule has 0 radical (unpaired) electrons. The van der Waals surface area contributed by atoms with Gasteiger partial charge in [0.05, 0.1) is 12.7 Å². The fourth-order valence-corrected chi connectivity index (χ4v) is 1.40. The van der Waals surface area contributed by atoms with Gasteiger partial charge in [-0.1, -0.05) is 12.2 Å². The molecule has 0 unspecified atom stereocenters. The fourth-order valence-electron chi connectivity index (χ4n) is 1.40. The largest absolute Gasteiger partial charge is 0.465 e. The van der Waals surface area contributed by atoms with Crippen molar-refractivity contribution in [1.82, 2.24) is 10.3 Å². The zero-order chi connectivity index (χ0) is 14.3. The molecule has 102 valence electrons. The number of carbonyl (C=O) groups is 2. The van der Waals surface area contributed by atoms with Gasteiger partial charge in [-0.05, 0) is 12.5 Å². The summed E-state index contributed by atoms with van der Waals surface area (Å²) in [5, 5.41) is 2.67. The molecule has 0 fully saturated rings. The molecule has 0 saturated carbocycles. The van der Waals surface area contributed by atoms with E-state index < -0.39 is 5.97 Å². The van der Waals surface area contributed by atoms with Crippen LogP contribution < -0.4 is 11.1 Å². The van der Waals surface area contributed by atoms with Crippen LogP contribution in [0, 0.1) is 0 Å². The maximum atomic E-state index is 11.4. The third-order valence-corrected chi connectivity index (χ3v) is 2.35. The van der Waals surface area contributed by atoms with E-state index in [2.05, 4.69) is 15.0 Å². The normalized spacial score (nSPS) is 10.4. The highest BCUT2D eigenvalue weighted by Gasteiger charge is 2.07. The van der Waals surface area contributed by atoms with Crippen molar-refractivity contribution >= 4 is 23.8 Å². The Morgan fingerprint density at radius 1 is 1.53 bits per heavy atom. The van der Waals surface area contributed by atoms with Crippen LogP contribution in [-0.2, 0) is 9.53 Å². The Kier molecular flexibility index (Phi) is 5.53. The fraction of sp³-hybridized carbons (Fsp3) is 0.308. The maximum absolute atomic E-state index is 11.4. The molecular weight excluding hydrogens is 246 g/mol. The van der Waals surface area contributed by atoms with E-state index in [9.17, 15) is 9.59 Å². The monoisotopic (exact) mass is 263 g/mol. The molecule has 1 rings (SSSR count). The van der Waals surface area contributed by atoms with Gasteiger partial charge >= 0.3 is 5.97 Å². The molecule has 0 aromatic carbocycles. The third kappa shape index (κ3) is 4.79. The summed E-state index contributed by atoms with van der Waals surface area (Å²) in [6.07, 6.45) is 5.65. The van der Waals surface area contributed by atoms with Crippen molar-refractivity contribution in [2.75, 3.05) is 19.4 Å². The first-order valence-corrected chi connectivity index (χ1v) is 5.79. The molecule has 1 aromatic heterocycles. The van der Waals surface area contributed by atoms with Gasteiger partial charge in [0.2, 0.25) is 5.91 Å². The molecule has 1 heterocycles. The minimum atomic E-state index is -0.458. The molecule has 6 heteroatoms. The lowest BCUT2D eigenvalue weighted by Gasteiger charge is -2.03. The number of anilines is 1. The van der Waals surface area contributed by atoms with Gasteiger partial charge in [-0.15, -0.1) is 0 Å².